The fourth-order valence-corrected chi connectivity index (χ4v) is 4.03. The molecule has 0 amide bonds. The lowest BCUT2D eigenvalue weighted by atomic mass is 10.1. The average molecular weight is 201 g/mol. The van der Waals surface area contributed by atoms with Crippen LogP contribution in [0.1, 0.15) is 32.6 Å². The molecule has 1 aliphatic carbocycles. The van der Waals surface area contributed by atoms with Gasteiger partial charge in [-0.05, 0) is 19.3 Å². The van der Waals surface area contributed by atoms with Gasteiger partial charge in [0.2, 0.25) is 0 Å². The second-order valence-electron chi connectivity index (χ2n) is 3.57. The van der Waals surface area contributed by atoms with Crippen molar-refractivity contribution in [3.8, 4) is 6.07 Å². The number of hydrogen-bond acceptors (Lipinski definition) is 3. The Morgan fingerprint density at radius 2 is 2.15 bits per heavy atom. The van der Waals surface area contributed by atoms with Gasteiger partial charge in [0, 0.05) is 0 Å². The first-order chi connectivity index (χ1) is 6.11. The van der Waals surface area contributed by atoms with E-state index < -0.39 is 9.84 Å². The van der Waals surface area contributed by atoms with Gasteiger partial charge < -0.3 is 0 Å². The SMILES string of the molecule is CCCS(=O)(=O)C1CCCC1C#N. The van der Waals surface area contributed by atoms with E-state index in [2.05, 4.69) is 6.07 Å². The predicted octanol–water partition coefficient (Wildman–Crippen LogP) is 1.50. The molecular formula is C9H15NO2S. The molecule has 0 bridgehead atoms. The lowest BCUT2D eigenvalue weighted by Gasteiger charge is -2.13. The van der Waals surface area contributed by atoms with E-state index in [4.69, 9.17) is 5.26 Å². The summed E-state index contributed by atoms with van der Waals surface area (Å²) in [6.45, 7) is 1.86. The van der Waals surface area contributed by atoms with Crippen LogP contribution >= 0.6 is 0 Å². The summed E-state index contributed by atoms with van der Waals surface area (Å²) in [5, 5.41) is 8.38. The van der Waals surface area contributed by atoms with Gasteiger partial charge in [0.1, 0.15) is 0 Å². The standard InChI is InChI=1S/C9H15NO2S/c1-2-6-13(11,12)9-5-3-4-8(9)7-10/h8-9H,2-6H2,1H3. The fourth-order valence-electron chi connectivity index (χ4n) is 1.94. The topological polar surface area (TPSA) is 57.9 Å². The molecule has 0 aromatic rings. The van der Waals surface area contributed by atoms with Crippen LogP contribution in [0.2, 0.25) is 0 Å². The molecule has 0 spiro atoms. The first-order valence-electron chi connectivity index (χ1n) is 4.73. The van der Waals surface area contributed by atoms with Crippen LogP contribution in [0.4, 0.5) is 0 Å². The van der Waals surface area contributed by atoms with Crippen LogP contribution < -0.4 is 0 Å². The van der Waals surface area contributed by atoms with Gasteiger partial charge in [-0.25, -0.2) is 8.42 Å². The second-order valence-corrected chi connectivity index (χ2v) is 5.91. The number of nitrogens with zero attached hydrogens (tertiary/aromatic N) is 1. The monoisotopic (exact) mass is 201 g/mol. The molecule has 2 atom stereocenters. The van der Waals surface area contributed by atoms with Gasteiger partial charge in [0.05, 0.1) is 23.0 Å². The van der Waals surface area contributed by atoms with Crippen molar-refractivity contribution in [2.24, 2.45) is 5.92 Å². The van der Waals surface area contributed by atoms with E-state index in [9.17, 15) is 8.42 Å². The molecule has 0 saturated heterocycles. The molecule has 1 fully saturated rings. The first kappa shape index (κ1) is 10.5. The third-order valence-electron chi connectivity index (χ3n) is 2.57. The number of rotatable bonds is 3. The highest BCUT2D eigenvalue weighted by Crippen LogP contribution is 2.31. The molecule has 0 aromatic carbocycles. The summed E-state index contributed by atoms with van der Waals surface area (Å²) in [4.78, 5) is 0. The number of nitriles is 1. The van der Waals surface area contributed by atoms with Crippen LogP contribution in [-0.2, 0) is 9.84 Å². The fraction of sp³-hybridized carbons (Fsp3) is 0.889. The summed E-state index contributed by atoms with van der Waals surface area (Å²) < 4.78 is 23.3. The Hall–Kier alpha value is -0.560. The normalized spacial score (nSPS) is 28.6. The van der Waals surface area contributed by atoms with Gasteiger partial charge >= 0.3 is 0 Å². The van der Waals surface area contributed by atoms with Crippen LogP contribution in [0.15, 0.2) is 0 Å². The maximum absolute atomic E-state index is 11.7. The van der Waals surface area contributed by atoms with Crippen molar-refractivity contribution in [2.45, 2.75) is 37.9 Å². The molecule has 2 unspecified atom stereocenters. The summed E-state index contributed by atoms with van der Waals surface area (Å²) >= 11 is 0. The van der Waals surface area contributed by atoms with Crippen LogP contribution in [0, 0.1) is 17.2 Å². The van der Waals surface area contributed by atoms with Gasteiger partial charge in [-0.2, -0.15) is 5.26 Å². The number of sulfone groups is 1. The first-order valence-corrected chi connectivity index (χ1v) is 6.44. The summed E-state index contributed by atoms with van der Waals surface area (Å²) in [5.74, 6) is -0.0212. The van der Waals surface area contributed by atoms with Crippen LogP contribution in [-0.4, -0.2) is 19.4 Å². The van der Waals surface area contributed by atoms with Crippen LogP contribution in [0.25, 0.3) is 0 Å². The predicted molar refractivity (Wildman–Crippen MR) is 50.8 cm³/mol. The smallest absolute Gasteiger partial charge is 0.154 e. The molecule has 0 aromatic heterocycles. The van der Waals surface area contributed by atoms with Crippen molar-refractivity contribution >= 4 is 9.84 Å². The quantitative estimate of drug-likeness (QED) is 0.695. The maximum atomic E-state index is 11.7. The third kappa shape index (κ3) is 2.22. The van der Waals surface area contributed by atoms with E-state index >= 15 is 0 Å². The lowest BCUT2D eigenvalue weighted by Crippen LogP contribution is -2.26. The van der Waals surface area contributed by atoms with Gasteiger partial charge in [-0.1, -0.05) is 13.3 Å². The van der Waals surface area contributed by atoms with Gasteiger partial charge in [-0.3, -0.25) is 0 Å². The zero-order valence-electron chi connectivity index (χ0n) is 7.86. The molecule has 1 aliphatic rings. The van der Waals surface area contributed by atoms with Crippen molar-refractivity contribution in [2.75, 3.05) is 5.75 Å². The molecule has 4 heteroatoms. The highest BCUT2D eigenvalue weighted by atomic mass is 32.2. The van der Waals surface area contributed by atoms with Crippen LogP contribution in [0.5, 0.6) is 0 Å². The van der Waals surface area contributed by atoms with E-state index in [1.54, 1.807) is 0 Å². The molecule has 74 valence electrons. The summed E-state index contributed by atoms with van der Waals surface area (Å²) in [6, 6.07) is 2.10. The highest BCUT2D eigenvalue weighted by molar-refractivity contribution is 7.92. The van der Waals surface area contributed by atoms with Gasteiger partial charge in [-0.15, -0.1) is 0 Å². The van der Waals surface area contributed by atoms with Gasteiger partial charge in [0.15, 0.2) is 9.84 Å². The Morgan fingerprint density at radius 1 is 1.46 bits per heavy atom. The summed E-state index contributed by atoms with van der Waals surface area (Å²) in [5.41, 5.74) is 0. The molecular weight excluding hydrogens is 186 g/mol. The van der Waals surface area contributed by atoms with E-state index in [0.717, 1.165) is 12.8 Å². The maximum Gasteiger partial charge on any atom is 0.154 e. The Kier molecular flexibility index (Phi) is 3.32. The van der Waals surface area contributed by atoms with E-state index in [1.165, 1.54) is 0 Å². The van der Waals surface area contributed by atoms with Crippen molar-refractivity contribution in [3.63, 3.8) is 0 Å². The van der Waals surface area contributed by atoms with Crippen molar-refractivity contribution in [1.29, 1.82) is 5.26 Å². The molecule has 0 radical (unpaired) electrons. The average Bonchev–Trinajstić information content (AvgIpc) is 2.51. The molecule has 0 heterocycles. The lowest BCUT2D eigenvalue weighted by molar-refractivity contribution is 0.564. The van der Waals surface area contributed by atoms with E-state index in [1.807, 2.05) is 6.92 Å². The van der Waals surface area contributed by atoms with E-state index in [-0.39, 0.29) is 16.9 Å². The second kappa shape index (κ2) is 4.10. The summed E-state index contributed by atoms with van der Waals surface area (Å²) in [6.07, 6.45) is 2.97. The molecule has 13 heavy (non-hydrogen) atoms. The van der Waals surface area contributed by atoms with Crippen molar-refractivity contribution < 1.29 is 8.42 Å². The summed E-state index contributed by atoms with van der Waals surface area (Å²) in [7, 11) is -2.99. The van der Waals surface area contributed by atoms with E-state index in [0.29, 0.717) is 12.8 Å². The number of hydrogen-bond donors (Lipinski definition) is 0. The minimum Gasteiger partial charge on any atom is -0.229 e. The highest BCUT2D eigenvalue weighted by Gasteiger charge is 2.36. The third-order valence-corrected chi connectivity index (χ3v) is 5.03. The Morgan fingerprint density at radius 3 is 2.69 bits per heavy atom. The van der Waals surface area contributed by atoms with Crippen LogP contribution in [0.3, 0.4) is 0 Å². The molecule has 1 rings (SSSR count). The molecule has 3 nitrogen and oxygen atoms in total. The minimum atomic E-state index is -2.99. The van der Waals surface area contributed by atoms with Gasteiger partial charge in [0.25, 0.3) is 0 Å². The Balaban J connectivity index is 2.77. The largest absolute Gasteiger partial charge is 0.229 e. The molecule has 0 aliphatic heterocycles. The molecule has 0 N–H and O–H groups in total. The zero-order valence-corrected chi connectivity index (χ0v) is 8.68. The van der Waals surface area contributed by atoms with Crippen molar-refractivity contribution in [1.82, 2.24) is 0 Å². The Bertz CT molecular complexity index is 302. The minimum absolute atomic E-state index is 0.232. The van der Waals surface area contributed by atoms with Crippen molar-refractivity contribution in [3.05, 3.63) is 0 Å². The Labute approximate surface area is 79.7 Å². The molecule has 1 saturated carbocycles. The zero-order chi connectivity index (χ0) is 9.90.